The van der Waals surface area contributed by atoms with Crippen LogP contribution in [0.4, 0.5) is 11.4 Å². The molecule has 3 N–H and O–H groups in total. The molecule has 11 heteroatoms. The number of rotatable bonds is 7. The molecule has 0 bridgehead atoms. The van der Waals surface area contributed by atoms with E-state index in [0.29, 0.717) is 22.0 Å². The Balaban J connectivity index is 1.55. The number of anilines is 2. The van der Waals surface area contributed by atoms with Gasteiger partial charge < -0.3 is 20.3 Å². The van der Waals surface area contributed by atoms with Crippen molar-refractivity contribution in [2.24, 2.45) is 10.2 Å². The van der Waals surface area contributed by atoms with Gasteiger partial charge in [0.25, 0.3) is 0 Å². The lowest BCUT2D eigenvalue weighted by Gasteiger charge is -2.16. The first-order valence-electron chi connectivity index (χ1n) is 10.7. The lowest BCUT2D eigenvalue weighted by molar-refractivity contribution is -0.121. The number of carbonyl (C=O) groups is 2. The van der Waals surface area contributed by atoms with Crippen molar-refractivity contribution in [1.29, 1.82) is 0 Å². The highest BCUT2D eigenvalue weighted by atomic mass is 35.5. The molecule has 0 radical (unpaired) electrons. The molecule has 1 atom stereocenters. The number of halogens is 1. The number of amidine groups is 1. The molecule has 9 nitrogen and oxygen atoms in total. The van der Waals surface area contributed by atoms with E-state index < -0.39 is 5.25 Å². The maximum Gasteiger partial charge on any atom is 0.247 e. The number of phenols is 2. The third kappa shape index (κ3) is 5.96. The van der Waals surface area contributed by atoms with Crippen molar-refractivity contribution in [3.8, 4) is 17.2 Å². The van der Waals surface area contributed by atoms with Gasteiger partial charge in [-0.2, -0.15) is 5.10 Å². The quantitative estimate of drug-likeness (QED) is 0.306. The van der Waals surface area contributed by atoms with Crippen molar-refractivity contribution < 1.29 is 24.5 Å². The Kier molecular flexibility index (Phi) is 7.77. The van der Waals surface area contributed by atoms with E-state index in [1.165, 1.54) is 36.4 Å². The smallest absolute Gasteiger partial charge is 0.247 e. The molecule has 1 saturated heterocycles. The summed E-state index contributed by atoms with van der Waals surface area (Å²) in [6.07, 6.45) is 1.37. The van der Waals surface area contributed by atoms with Gasteiger partial charge in [-0.25, -0.2) is 0 Å². The van der Waals surface area contributed by atoms with E-state index in [0.717, 1.165) is 11.8 Å². The zero-order chi connectivity index (χ0) is 25.7. The number of hydrogen-bond donors (Lipinski definition) is 3. The van der Waals surface area contributed by atoms with Gasteiger partial charge in [0.05, 0.1) is 19.0 Å². The molecule has 0 aromatic heterocycles. The number of ether oxygens (including phenoxy) is 1. The minimum absolute atomic E-state index is 0.00358. The summed E-state index contributed by atoms with van der Waals surface area (Å²) in [5.41, 5.74) is 1.67. The van der Waals surface area contributed by atoms with Crippen LogP contribution in [0, 0.1) is 0 Å². The summed E-state index contributed by atoms with van der Waals surface area (Å²) in [6.45, 7) is 0. The third-order valence-corrected chi connectivity index (χ3v) is 6.48. The molecular weight excluding hydrogens is 504 g/mol. The largest absolute Gasteiger partial charge is 0.508 e. The predicted molar refractivity (Wildman–Crippen MR) is 141 cm³/mol. The molecule has 1 fully saturated rings. The second-order valence-corrected chi connectivity index (χ2v) is 9.22. The van der Waals surface area contributed by atoms with Crippen molar-refractivity contribution in [3.05, 3.63) is 77.3 Å². The van der Waals surface area contributed by atoms with Crippen LogP contribution >= 0.6 is 23.4 Å². The molecule has 4 rings (SSSR count). The van der Waals surface area contributed by atoms with Gasteiger partial charge in [-0.05, 0) is 72.3 Å². The number of thioether (sulfide) groups is 1. The highest BCUT2D eigenvalue weighted by Gasteiger charge is 2.40. The van der Waals surface area contributed by atoms with Crippen LogP contribution in [0.1, 0.15) is 12.0 Å². The lowest BCUT2D eigenvalue weighted by Crippen LogP contribution is -2.33. The van der Waals surface area contributed by atoms with Crippen LogP contribution in [0.3, 0.4) is 0 Å². The zero-order valence-corrected chi connectivity index (χ0v) is 20.5. The van der Waals surface area contributed by atoms with Gasteiger partial charge >= 0.3 is 0 Å². The van der Waals surface area contributed by atoms with Gasteiger partial charge in [0.2, 0.25) is 11.8 Å². The fourth-order valence-corrected chi connectivity index (χ4v) is 4.55. The zero-order valence-electron chi connectivity index (χ0n) is 19.0. The Morgan fingerprint density at radius 3 is 2.56 bits per heavy atom. The molecule has 3 aromatic carbocycles. The number of amides is 2. The second-order valence-electron chi connectivity index (χ2n) is 7.61. The topological polar surface area (TPSA) is 124 Å². The molecule has 2 amide bonds. The van der Waals surface area contributed by atoms with Gasteiger partial charge in [0.15, 0.2) is 16.7 Å². The van der Waals surface area contributed by atoms with Crippen molar-refractivity contribution in [3.63, 3.8) is 0 Å². The monoisotopic (exact) mass is 524 g/mol. The lowest BCUT2D eigenvalue weighted by atomic mass is 10.2. The Morgan fingerprint density at radius 2 is 1.86 bits per heavy atom. The fraction of sp³-hybridized carbons (Fsp3) is 0.120. The molecule has 3 aromatic rings. The summed E-state index contributed by atoms with van der Waals surface area (Å²) >= 11 is 7.00. The van der Waals surface area contributed by atoms with E-state index in [1.54, 1.807) is 48.5 Å². The summed E-state index contributed by atoms with van der Waals surface area (Å²) in [4.78, 5) is 27.2. The Labute approximate surface area is 216 Å². The van der Waals surface area contributed by atoms with Gasteiger partial charge in [-0.3, -0.25) is 14.5 Å². The van der Waals surface area contributed by atoms with E-state index in [2.05, 4.69) is 15.5 Å². The van der Waals surface area contributed by atoms with Crippen molar-refractivity contribution in [2.45, 2.75) is 11.7 Å². The van der Waals surface area contributed by atoms with Crippen molar-refractivity contribution in [1.82, 2.24) is 0 Å². The second kappa shape index (κ2) is 11.1. The molecular formula is C25H21ClN4O5S. The maximum absolute atomic E-state index is 13.3. The number of nitrogens with zero attached hydrogens (tertiary/aromatic N) is 3. The van der Waals surface area contributed by atoms with Crippen LogP contribution in [0.5, 0.6) is 17.2 Å². The summed E-state index contributed by atoms with van der Waals surface area (Å²) in [6, 6.07) is 17.4. The summed E-state index contributed by atoms with van der Waals surface area (Å²) in [5, 5.41) is 30.6. The van der Waals surface area contributed by atoms with Crippen LogP contribution in [-0.2, 0) is 9.59 Å². The minimum atomic E-state index is -0.728. The number of methoxy groups -OCH3 is 1. The van der Waals surface area contributed by atoms with Crippen LogP contribution in [0.25, 0.3) is 0 Å². The first kappa shape index (κ1) is 25.1. The van der Waals surface area contributed by atoms with Crippen LogP contribution < -0.4 is 15.0 Å². The van der Waals surface area contributed by atoms with Gasteiger partial charge in [0.1, 0.15) is 11.0 Å². The van der Waals surface area contributed by atoms with Crippen LogP contribution in [0.2, 0.25) is 5.02 Å². The highest BCUT2D eigenvalue weighted by molar-refractivity contribution is 8.16. The van der Waals surface area contributed by atoms with Crippen molar-refractivity contribution >= 4 is 57.9 Å². The molecule has 1 aliphatic rings. The summed E-state index contributed by atoms with van der Waals surface area (Å²) in [5.74, 6) is -0.340. The maximum atomic E-state index is 13.3. The Bertz CT molecular complexity index is 1330. The van der Waals surface area contributed by atoms with Gasteiger partial charge in [-0.15, -0.1) is 5.10 Å². The number of benzene rings is 3. The number of aromatic hydroxyl groups is 2. The average molecular weight is 525 g/mol. The summed E-state index contributed by atoms with van der Waals surface area (Å²) < 4.78 is 5.09. The normalized spacial score (nSPS) is 16.6. The molecule has 1 unspecified atom stereocenters. The van der Waals surface area contributed by atoms with E-state index in [1.807, 2.05) is 0 Å². The van der Waals surface area contributed by atoms with Gasteiger partial charge in [-0.1, -0.05) is 23.4 Å². The van der Waals surface area contributed by atoms with E-state index >= 15 is 0 Å². The van der Waals surface area contributed by atoms with E-state index in [9.17, 15) is 19.8 Å². The first-order valence-corrected chi connectivity index (χ1v) is 11.9. The average Bonchev–Trinajstić information content (AvgIpc) is 3.16. The molecule has 1 aliphatic heterocycles. The van der Waals surface area contributed by atoms with Crippen LogP contribution in [0.15, 0.2) is 76.9 Å². The molecule has 0 saturated carbocycles. The fourth-order valence-electron chi connectivity index (χ4n) is 3.34. The molecule has 36 heavy (non-hydrogen) atoms. The Morgan fingerprint density at radius 1 is 1.14 bits per heavy atom. The Hall–Kier alpha value is -4.02. The highest BCUT2D eigenvalue weighted by Crippen LogP contribution is 2.35. The summed E-state index contributed by atoms with van der Waals surface area (Å²) in [7, 11) is 1.44. The molecule has 0 aliphatic carbocycles. The SMILES string of the molecule is COc1cc(/C=N/N=C2/SC(CC(=O)Nc3ccc(Cl)cc3)C(=O)N2c2ccc(O)cc2)ccc1O. The van der Waals surface area contributed by atoms with Crippen LogP contribution in [-0.4, -0.2) is 45.8 Å². The van der Waals surface area contributed by atoms with E-state index in [-0.39, 0.29) is 40.7 Å². The number of phenolic OH excluding ortho intramolecular Hbond substituents is 2. The number of carbonyl (C=O) groups excluding carboxylic acids is 2. The van der Waals surface area contributed by atoms with Crippen molar-refractivity contribution in [2.75, 3.05) is 17.3 Å². The number of nitrogens with one attached hydrogen (secondary N) is 1. The standard InChI is InChI=1S/C25H21ClN4O5S/c1-35-21-12-15(2-11-20(21)32)14-27-29-25-30(18-7-9-19(31)10-8-18)24(34)22(36-25)13-23(33)28-17-5-3-16(26)4-6-17/h2-12,14,22,31-32H,13H2,1H3,(H,28,33)/b27-14+,29-25+. The predicted octanol–water partition coefficient (Wildman–Crippen LogP) is 4.63. The first-order chi connectivity index (χ1) is 17.3. The van der Waals surface area contributed by atoms with E-state index in [4.69, 9.17) is 16.3 Å². The minimum Gasteiger partial charge on any atom is -0.508 e. The molecule has 0 spiro atoms. The third-order valence-electron chi connectivity index (χ3n) is 5.10. The number of hydrogen-bond acceptors (Lipinski definition) is 8. The molecule has 1 heterocycles. The molecule has 184 valence electrons. The van der Waals surface area contributed by atoms with Gasteiger partial charge in [0, 0.05) is 17.1 Å².